The van der Waals surface area contributed by atoms with Crippen molar-refractivity contribution in [1.82, 2.24) is 15.2 Å². The van der Waals surface area contributed by atoms with Crippen molar-refractivity contribution in [3.05, 3.63) is 41.2 Å². The summed E-state index contributed by atoms with van der Waals surface area (Å²) in [6, 6.07) is 7.68. The van der Waals surface area contributed by atoms with Crippen LogP contribution in [0.25, 0.3) is 0 Å². The average molecular weight is 287 g/mol. The number of Topliss-reactive ketones (excluding diaryl/α,β-unsaturated/α-hetero) is 1. The number of nitrogens with zero attached hydrogens (tertiary/aromatic N) is 2. The first kappa shape index (κ1) is 13.4. The zero-order valence-electron chi connectivity index (χ0n) is 11.6. The monoisotopic (exact) mass is 287 g/mol. The molecule has 1 atom stereocenters. The molecule has 4 nitrogen and oxygen atoms in total. The van der Waals surface area contributed by atoms with Gasteiger partial charge in [0.05, 0.1) is 5.25 Å². The van der Waals surface area contributed by atoms with Crippen molar-refractivity contribution in [3.8, 4) is 0 Å². The number of benzene rings is 1. The van der Waals surface area contributed by atoms with Crippen LogP contribution in [0.5, 0.6) is 0 Å². The Labute approximate surface area is 122 Å². The Balaban J connectivity index is 1.66. The molecule has 104 valence electrons. The normalized spacial score (nSPS) is 16.1. The number of aryl methyl sites for hydroxylation is 1. The molecule has 1 aliphatic rings. The van der Waals surface area contributed by atoms with Crippen molar-refractivity contribution in [2.24, 2.45) is 0 Å². The van der Waals surface area contributed by atoms with E-state index < -0.39 is 0 Å². The maximum absolute atomic E-state index is 12.3. The number of thioether (sulfide) groups is 1. The molecule has 1 heterocycles. The number of H-pyrrole nitrogens is 1. The van der Waals surface area contributed by atoms with Gasteiger partial charge in [0.25, 0.3) is 0 Å². The fourth-order valence-electron chi connectivity index (χ4n) is 2.01. The maximum atomic E-state index is 12.3. The van der Waals surface area contributed by atoms with E-state index in [2.05, 4.69) is 15.2 Å². The number of aromatic amines is 1. The molecule has 0 amide bonds. The van der Waals surface area contributed by atoms with Gasteiger partial charge in [-0.25, -0.2) is 4.98 Å². The van der Waals surface area contributed by atoms with E-state index in [9.17, 15) is 4.79 Å². The van der Waals surface area contributed by atoms with Crippen LogP contribution in [0.15, 0.2) is 29.4 Å². The first-order valence-electron chi connectivity index (χ1n) is 6.83. The molecule has 1 saturated carbocycles. The van der Waals surface area contributed by atoms with Crippen LogP contribution in [-0.4, -0.2) is 26.2 Å². The number of carbonyl (C=O) groups is 1. The Morgan fingerprint density at radius 3 is 2.70 bits per heavy atom. The summed E-state index contributed by atoms with van der Waals surface area (Å²) in [6.07, 6.45) is 2.38. The van der Waals surface area contributed by atoms with Crippen LogP contribution in [0.1, 0.15) is 47.4 Å². The van der Waals surface area contributed by atoms with Crippen LogP contribution >= 0.6 is 11.8 Å². The largest absolute Gasteiger partial charge is 0.293 e. The summed E-state index contributed by atoms with van der Waals surface area (Å²) >= 11 is 1.41. The van der Waals surface area contributed by atoms with E-state index in [1.807, 2.05) is 38.1 Å². The Morgan fingerprint density at radius 2 is 2.05 bits per heavy atom. The molecule has 0 spiro atoms. The highest BCUT2D eigenvalue weighted by Crippen LogP contribution is 2.38. The van der Waals surface area contributed by atoms with Crippen molar-refractivity contribution in [2.45, 2.75) is 43.0 Å². The fraction of sp³-hybridized carbons (Fsp3) is 0.400. The quantitative estimate of drug-likeness (QED) is 0.676. The van der Waals surface area contributed by atoms with Gasteiger partial charge in [0, 0.05) is 11.5 Å². The molecule has 20 heavy (non-hydrogen) atoms. The lowest BCUT2D eigenvalue weighted by Gasteiger charge is -2.07. The van der Waals surface area contributed by atoms with Crippen molar-refractivity contribution in [2.75, 3.05) is 0 Å². The van der Waals surface area contributed by atoms with E-state index in [4.69, 9.17) is 0 Å². The maximum Gasteiger partial charge on any atom is 0.209 e. The molecule has 3 rings (SSSR count). The average Bonchev–Trinajstić information content (AvgIpc) is 3.20. The highest BCUT2D eigenvalue weighted by atomic mass is 32.2. The van der Waals surface area contributed by atoms with Gasteiger partial charge in [-0.1, -0.05) is 41.6 Å². The Morgan fingerprint density at radius 1 is 1.35 bits per heavy atom. The lowest BCUT2D eigenvalue weighted by molar-refractivity contribution is 0.0994. The van der Waals surface area contributed by atoms with Crippen LogP contribution in [0.2, 0.25) is 0 Å². The molecule has 1 aromatic carbocycles. The minimum atomic E-state index is -0.180. The van der Waals surface area contributed by atoms with E-state index in [1.54, 1.807) is 0 Å². The third-order valence-corrected chi connectivity index (χ3v) is 4.39. The first-order valence-corrected chi connectivity index (χ1v) is 7.71. The zero-order valence-corrected chi connectivity index (χ0v) is 12.4. The van der Waals surface area contributed by atoms with Crippen LogP contribution in [-0.2, 0) is 0 Å². The first-order chi connectivity index (χ1) is 9.63. The Hall–Kier alpha value is -1.62. The van der Waals surface area contributed by atoms with Gasteiger partial charge in [-0.2, -0.15) is 0 Å². The van der Waals surface area contributed by atoms with Gasteiger partial charge in [-0.3, -0.25) is 9.89 Å². The number of carbonyl (C=O) groups excluding carboxylic acids is 1. The van der Waals surface area contributed by atoms with Gasteiger partial charge in [0.15, 0.2) is 5.78 Å². The standard InChI is InChI=1S/C15H17N3OS/c1-9-3-5-11(6-4-9)13(19)10(2)20-15-16-14(17-18-15)12-7-8-12/h3-6,10,12H,7-8H2,1-2H3,(H,16,17,18). The van der Waals surface area contributed by atoms with Crippen LogP contribution in [0, 0.1) is 6.92 Å². The van der Waals surface area contributed by atoms with Crippen molar-refractivity contribution < 1.29 is 4.79 Å². The van der Waals surface area contributed by atoms with Crippen LogP contribution in [0.4, 0.5) is 0 Å². The van der Waals surface area contributed by atoms with Crippen LogP contribution < -0.4 is 0 Å². The molecule has 0 radical (unpaired) electrons. The topological polar surface area (TPSA) is 58.6 Å². The molecular formula is C15H17N3OS. The smallest absolute Gasteiger partial charge is 0.209 e. The van der Waals surface area contributed by atoms with Gasteiger partial charge in [-0.15, -0.1) is 5.10 Å². The molecule has 5 heteroatoms. The molecule has 1 unspecified atom stereocenters. The second kappa shape index (κ2) is 5.40. The van der Waals surface area contributed by atoms with E-state index in [1.165, 1.54) is 24.6 Å². The summed E-state index contributed by atoms with van der Waals surface area (Å²) in [5, 5.41) is 7.63. The highest BCUT2D eigenvalue weighted by Gasteiger charge is 2.28. The number of hydrogen-bond donors (Lipinski definition) is 1. The molecule has 1 N–H and O–H groups in total. The predicted molar refractivity (Wildman–Crippen MR) is 79.2 cm³/mol. The second-order valence-corrected chi connectivity index (χ2v) is 6.58. The minimum Gasteiger partial charge on any atom is -0.293 e. The number of aromatic nitrogens is 3. The molecule has 0 aliphatic heterocycles. The van der Waals surface area contributed by atoms with Crippen molar-refractivity contribution >= 4 is 17.5 Å². The number of hydrogen-bond acceptors (Lipinski definition) is 4. The third kappa shape index (κ3) is 2.93. The van der Waals surface area contributed by atoms with Gasteiger partial charge < -0.3 is 0 Å². The van der Waals surface area contributed by atoms with Crippen LogP contribution in [0.3, 0.4) is 0 Å². The Kier molecular flexibility index (Phi) is 3.61. The predicted octanol–water partition coefficient (Wildman–Crippen LogP) is 3.35. The Bertz CT molecular complexity index is 616. The van der Waals surface area contributed by atoms with Gasteiger partial charge >= 0.3 is 0 Å². The summed E-state index contributed by atoms with van der Waals surface area (Å²) in [6.45, 7) is 3.92. The molecule has 1 aromatic heterocycles. The highest BCUT2D eigenvalue weighted by molar-refractivity contribution is 8.00. The number of ketones is 1. The zero-order chi connectivity index (χ0) is 14.1. The fourth-order valence-corrected chi connectivity index (χ4v) is 2.82. The summed E-state index contributed by atoms with van der Waals surface area (Å²) in [5.41, 5.74) is 1.90. The molecule has 2 aromatic rings. The van der Waals surface area contributed by atoms with E-state index >= 15 is 0 Å². The summed E-state index contributed by atoms with van der Waals surface area (Å²) in [7, 11) is 0. The van der Waals surface area contributed by atoms with Crippen molar-refractivity contribution in [3.63, 3.8) is 0 Å². The number of nitrogens with one attached hydrogen (secondary N) is 1. The lowest BCUT2D eigenvalue weighted by atomic mass is 10.1. The molecular weight excluding hydrogens is 270 g/mol. The van der Waals surface area contributed by atoms with Crippen molar-refractivity contribution in [1.29, 1.82) is 0 Å². The molecule has 1 aliphatic carbocycles. The summed E-state index contributed by atoms with van der Waals surface area (Å²) in [5.74, 6) is 1.63. The SMILES string of the molecule is Cc1ccc(C(=O)C(C)Sc2n[nH]c(C3CC3)n2)cc1. The molecule has 1 fully saturated rings. The molecule has 0 bridgehead atoms. The summed E-state index contributed by atoms with van der Waals surface area (Å²) < 4.78 is 0. The summed E-state index contributed by atoms with van der Waals surface area (Å²) in [4.78, 5) is 16.8. The van der Waals surface area contributed by atoms with E-state index in [-0.39, 0.29) is 11.0 Å². The van der Waals surface area contributed by atoms with Gasteiger partial charge in [0.2, 0.25) is 5.16 Å². The van der Waals surface area contributed by atoms with Gasteiger partial charge in [0.1, 0.15) is 5.82 Å². The third-order valence-electron chi connectivity index (χ3n) is 3.43. The minimum absolute atomic E-state index is 0.118. The lowest BCUT2D eigenvalue weighted by Crippen LogP contribution is -2.13. The molecule has 0 saturated heterocycles. The van der Waals surface area contributed by atoms with E-state index in [0.29, 0.717) is 11.1 Å². The van der Waals surface area contributed by atoms with Gasteiger partial charge in [-0.05, 0) is 26.7 Å². The second-order valence-electron chi connectivity index (χ2n) is 5.27. The van der Waals surface area contributed by atoms with E-state index in [0.717, 1.165) is 17.0 Å². The number of rotatable bonds is 5.